The maximum Gasteiger partial charge on any atom is 0.194 e. The third kappa shape index (κ3) is 3.25. The number of H-pyrrole nitrogens is 1. The van der Waals surface area contributed by atoms with Gasteiger partial charge in [-0.1, -0.05) is 26.0 Å². The highest BCUT2D eigenvalue weighted by Gasteiger charge is 2.15. The second-order valence-corrected chi connectivity index (χ2v) is 6.28. The standard InChI is InChI=1S/C19H28N2O/c1-6-10-21(11-7-2)12-16-15(5)20-18-14(4)9-8-13(3)17(18)19(16)22/h8-9H,6-7,10-12H2,1-5H3,(H,20,22). The van der Waals surface area contributed by atoms with E-state index in [1.807, 2.05) is 19.9 Å². The molecule has 0 aliphatic heterocycles. The predicted molar refractivity (Wildman–Crippen MR) is 94.6 cm³/mol. The maximum atomic E-state index is 13.0. The molecule has 0 saturated heterocycles. The molecule has 3 nitrogen and oxygen atoms in total. The van der Waals surface area contributed by atoms with Gasteiger partial charge in [-0.2, -0.15) is 0 Å². The van der Waals surface area contributed by atoms with Crippen molar-refractivity contribution in [1.82, 2.24) is 9.88 Å². The highest BCUT2D eigenvalue weighted by Crippen LogP contribution is 2.19. The molecule has 0 fully saturated rings. The van der Waals surface area contributed by atoms with E-state index in [0.29, 0.717) is 0 Å². The van der Waals surface area contributed by atoms with Gasteiger partial charge in [-0.05, 0) is 57.8 Å². The molecule has 0 atom stereocenters. The van der Waals surface area contributed by atoms with E-state index >= 15 is 0 Å². The summed E-state index contributed by atoms with van der Waals surface area (Å²) in [6, 6.07) is 4.12. The van der Waals surface area contributed by atoms with Gasteiger partial charge < -0.3 is 4.98 Å². The van der Waals surface area contributed by atoms with Crippen LogP contribution in [-0.2, 0) is 6.54 Å². The molecule has 0 aliphatic carbocycles. The van der Waals surface area contributed by atoms with Gasteiger partial charge in [0, 0.05) is 23.2 Å². The summed E-state index contributed by atoms with van der Waals surface area (Å²) in [4.78, 5) is 18.9. The topological polar surface area (TPSA) is 36.1 Å². The number of nitrogens with one attached hydrogen (secondary N) is 1. The Morgan fingerprint density at radius 2 is 1.59 bits per heavy atom. The van der Waals surface area contributed by atoms with E-state index in [0.717, 1.165) is 65.8 Å². The Morgan fingerprint density at radius 1 is 1.00 bits per heavy atom. The van der Waals surface area contributed by atoms with E-state index in [1.165, 1.54) is 0 Å². The van der Waals surface area contributed by atoms with Crippen molar-refractivity contribution in [1.29, 1.82) is 0 Å². The van der Waals surface area contributed by atoms with Gasteiger partial charge in [0.2, 0.25) is 0 Å². The number of aryl methyl sites for hydroxylation is 3. The molecular formula is C19H28N2O. The molecule has 3 heteroatoms. The fourth-order valence-electron chi connectivity index (χ4n) is 3.17. The quantitative estimate of drug-likeness (QED) is 0.872. The van der Waals surface area contributed by atoms with E-state index in [4.69, 9.17) is 0 Å². The van der Waals surface area contributed by atoms with E-state index in [2.05, 4.69) is 36.7 Å². The highest BCUT2D eigenvalue weighted by molar-refractivity contribution is 5.85. The van der Waals surface area contributed by atoms with Crippen molar-refractivity contribution < 1.29 is 0 Å². The molecule has 0 unspecified atom stereocenters. The Bertz CT molecular complexity index is 709. The van der Waals surface area contributed by atoms with Crippen molar-refractivity contribution in [3.8, 4) is 0 Å². The molecular weight excluding hydrogens is 272 g/mol. The predicted octanol–water partition coefficient (Wildman–Crippen LogP) is 4.08. The van der Waals surface area contributed by atoms with Crippen LogP contribution >= 0.6 is 0 Å². The summed E-state index contributed by atoms with van der Waals surface area (Å²) in [5.74, 6) is 0. The molecule has 120 valence electrons. The van der Waals surface area contributed by atoms with E-state index in [-0.39, 0.29) is 5.43 Å². The van der Waals surface area contributed by atoms with Gasteiger partial charge in [-0.25, -0.2) is 0 Å². The monoisotopic (exact) mass is 300 g/mol. The SMILES string of the molecule is CCCN(CCC)Cc1c(C)[nH]c2c(C)ccc(C)c2c1=O. The summed E-state index contributed by atoms with van der Waals surface area (Å²) in [5.41, 5.74) is 5.30. The van der Waals surface area contributed by atoms with Crippen LogP contribution in [0, 0.1) is 20.8 Å². The lowest BCUT2D eigenvalue weighted by Crippen LogP contribution is -2.29. The molecule has 1 heterocycles. The zero-order valence-electron chi connectivity index (χ0n) is 14.5. The molecule has 0 spiro atoms. The van der Waals surface area contributed by atoms with Crippen molar-refractivity contribution in [3.63, 3.8) is 0 Å². The molecule has 22 heavy (non-hydrogen) atoms. The van der Waals surface area contributed by atoms with Crippen LogP contribution in [-0.4, -0.2) is 23.0 Å². The van der Waals surface area contributed by atoms with Crippen molar-refractivity contribution in [2.45, 2.75) is 54.0 Å². The van der Waals surface area contributed by atoms with Crippen LogP contribution in [0.15, 0.2) is 16.9 Å². The first-order valence-electron chi connectivity index (χ1n) is 8.33. The second kappa shape index (κ2) is 7.10. The van der Waals surface area contributed by atoms with Crippen LogP contribution in [0.5, 0.6) is 0 Å². The average molecular weight is 300 g/mol. The molecule has 0 saturated carbocycles. The van der Waals surface area contributed by atoms with E-state index in [1.54, 1.807) is 0 Å². The fourth-order valence-corrected chi connectivity index (χ4v) is 3.17. The molecule has 0 bridgehead atoms. The zero-order chi connectivity index (χ0) is 16.3. The Hall–Kier alpha value is -1.61. The smallest absolute Gasteiger partial charge is 0.194 e. The maximum absolute atomic E-state index is 13.0. The number of aromatic amines is 1. The van der Waals surface area contributed by atoms with Gasteiger partial charge >= 0.3 is 0 Å². The molecule has 0 aliphatic rings. The van der Waals surface area contributed by atoms with E-state index < -0.39 is 0 Å². The van der Waals surface area contributed by atoms with Crippen LogP contribution in [0.1, 0.15) is 49.1 Å². The van der Waals surface area contributed by atoms with Crippen molar-refractivity contribution in [2.24, 2.45) is 0 Å². The first-order chi connectivity index (χ1) is 10.5. The van der Waals surface area contributed by atoms with Gasteiger partial charge in [-0.15, -0.1) is 0 Å². The Kier molecular flexibility index (Phi) is 5.41. The minimum absolute atomic E-state index is 0.199. The fraction of sp³-hybridized carbons (Fsp3) is 0.526. The highest BCUT2D eigenvalue weighted by atomic mass is 16.1. The number of benzene rings is 1. The third-order valence-corrected chi connectivity index (χ3v) is 4.35. The summed E-state index contributed by atoms with van der Waals surface area (Å²) in [5, 5.41) is 0.855. The number of hydrogen-bond acceptors (Lipinski definition) is 2. The molecule has 1 N–H and O–H groups in total. The number of rotatable bonds is 6. The minimum atomic E-state index is 0.199. The van der Waals surface area contributed by atoms with Crippen molar-refractivity contribution in [3.05, 3.63) is 44.7 Å². The van der Waals surface area contributed by atoms with Crippen molar-refractivity contribution in [2.75, 3.05) is 13.1 Å². The Balaban J connectivity index is 2.55. The average Bonchev–Trinajstić information content (AvgIpc) is 2.47. The summed E-state index contributed by atoms with van der Waals surface area (Å²) in [6.45, 7) is 13.3. The van der Waals surface area contributed by atoms with E-state index in [9.17, 15) is 4.79 Å². The van der Waals surface area contributed by atoms with Gasteiger partial charge in [0.1, 0.15) is 0 Å². The molecule has 0 radical (unpaired) electrons. The molecule has 1 aromatic carbocycles. The third-order valence-electron chi connectivity index (χ3n) is 4.35. The largest absolute Gasteiger partial charge is 0.358 e. The summed E-state index contributed by atoms with van der Waals surface area (Å²) in [7, 11) is 0. The second-order valence-electron chi connectivity index (χ2n) is 6.28. The minimum Gasteiger partial charge on any atom is -0.358 e. The van der Waals surface area contributed by atoms with Crippen LogP contribution < -0.4 is 5.43 Å². The number of fused-ring (bicyclic) bond motifs is 1. The van der Waals surface area contributed by atoms with Gasteiger partial charge in [0.05, 0.1) is 5.52 Å². The van der Waals surface area contributed by atoms with Crippen molar-refractivity contribution >= 4 is 10.9 Å². The van der Waals surface area contributed by atoms with Gasteiger partial charge in [0.15, 0.2) is 5.43 Å². The first-order valence-corrected chi connectivity index (χ1v) is 8.33. The Labute approximate surface area is 133 Å². The molecule has 0 amide bonds. The van der Waals surface area contributed by atoms with Crippen LogP contribution in [0.4, 0.5) is 0 Å². The summed E-state index contributed by atoms with van der Waals surface area (Å²) in [6.07, 6.45) is 2.23. The van der Waals surface area contributed by atoms with Crippen LogP contribution in [0.25, 0.3) is 10.9 Å². The Morgan fingerprint density at radius 3 is 2.18 bits per heavy atom. The lowest BCUT2D eigenvalue weighted by atomic mass is 10.0. The summed E-state index contributed by atoms with van der Waals surface area (Å²) >= 11 is 0. The zero-order valence-corrected chi connectivity index (χ0v) is 14.5. The van der Waals surface area contributed by atoms with Crippen LogP contribution in [0.2, 0.25) is 0 Å². The van der Waals surface area contributed by atoms with Gasteiger partial charge in [-0.3, -0.25) is 9.69 Å². The molecule has 2 aromatic rings. The number of pyridine rings is 1. The number of nitrogens with zero attached hydrogens (tertiary/aromatic N) is 1. The lowest BCUT2D eigenvalue weighted by molar-refractivity contribution is 0.265. The lowest BCUT2D eigenvalue weighted by Gasteiger charge is -2.22. The molecule has 1 aromatic heterocycles. The van der Waals surface area contributed by atoms with Gasteiger partial charge in [0.25, 0.3) is 0 Å². The summed E-state index contributed by atoms with van der Waals surface area (Å²) < 4.78 is 0. The van der Waals surface area contributed by atoms with Crippen LogP contribution in [0.3, 0.4) is 0 Å². The normalized spacial score (nSPS) is 11.5. The number of aromatic nitrogens is 1. The molecule has 2 rings (SSSR count). The number of hydrogen-bond donors (Lipinski definition) is 1. The first kappa shape index (κ1) is 16.8.